The van der Waals surface area contributed by atoms with E-state index in [0.29, 0.717) is 19.4 Å². The molecular weight excluding hydrogens is 404 g/mol. The number of hydrogen-bond acceptors (Lipinski definition) is 5. The normalized spacial score (nSPS) is 21.9. The highest BCUT2D eigenvalue weighted by atomic mass is 32.2. The van der Waals surface area contributed by atoms with Crippen molar-refractivity contribution in [3.05, 3.63) is 54.1 Å². The zero-order chi connectivity index (χ0) is 21.1. The molecule has 1 N–H and O–H groups in total. The molecule has 2 unspecified atom stereocenters. The molecule has 0 aliphatic carbocycles. The highest BCUT2D eigenvalue weighted by molar-refractivity contribution is 7.89. The van der Waals surface area contributed by atoms with Gasteiger partial charge in [0.15, 0.2) is 0 Å². The number of amides is 1. The maximum Gasteiger partial charge on any atom is 0.410 e. The Morgan fingerprint density at radius 2 is 1.90 bits per heavy atom. The third-order valence-corrected chi connectivity index (χ3v) is 7.05. The summed E-state index contributed by atoms with van der Waals surface area (Å²) in [7, 11) is -3.39. The summed E-state index contributed by atoms with van der Waals surface area (Å²) in [5.74, 6) is 0.739. The van der Waals surface area contributed by atoms with Crippen molar-refractivity contribution in [2.45, 2.75) is 31.8 Å². The number of fused-ring (bicyclic) bond motifs is 5. The van der Waals surface area contributed by atoms with Crippen LogP contribution in [0.5, 0.6) is 5.75 Å². The molecule has 1 amide bonds. The number of nitrogens with one attached hydrogen (secondary N) is 1. The first-order valence-electron chi connectivity index (χ1n) is 10.2. The summed E-state index contributed by atoms with van der Waals surface area (Å²) in [6, 6.07) is 15.2. The summed E-state index contributed by atoms with van der Waals surface area (Å²) in [5, 5.41) is 0. The lowest BCUT2D eigenvalue weighted by molar-refractivity contribution is 0.0833. The third kappa shape index (κ3) is 4.44. The SMILES string of the molecule is CCS(=O)(=O)NC1CCN2C(=O)OCCOc3ccccc3-c3cccc(c3)CC12. The van der Waals surface area contributed by atoms with Gasteiger partial charge >= 0.3 is 6.09 Å². The first-order chi connectivity index (χ1) is 14.5. The number of carbonyl (C=O) groups is 1. The van der Waals surface area contributed by atoms with Crippen LogP contribution in [0, 0.1) is 0 Å². The zero-order valence-corrected chi connectivity index (χ0v) is 17.7. The van der Waals surface area contributed by atoms with Gasteiger partial charge in [0.05, 0.1) is 11.8 Å². The van der Waals surface area contributed by atoms with Gasteiger partial charge < -0.3 is 14.4 Å². The molecule has 0 aromatic heterocycles. The van der Waals surface area contributed by atoms with Crippen molar-refractivity contribution in [2.75, 3.05) is 25.5 Å². The summed E-state index contributed by atoms with van der Waals surface area (Å²) >= 11 is 0. The molecule has 2 bridgehead atoms. The van der Waals surface area contributed by atoms with E-state index in [0.717, 1.165) is 22.4 Å². The monoisotopic (exact) mass is 430 g/mol. The Morgan fingerprint density at radius 3 is 2.73 bits per heavy atom. The van der Waals surface area contributed by atoms with Crippen LogP contribution in [0.2, 0.25) is 0 Å². The van der Waals surface area contributed by atoms with Crippen LogP contribution in [0.1, 0.15) is 18.9 Å². The van der Waals surface area contributed by atoms with Crippen molar-refractivity contribution >= 4 is 16.1 Å². The molecule has 0 saturated carbocycles. The number of rotatable bonds is 3. The smallest absolute Gasteiger partial charge is 0.410 e. The molecule has 0 radical (unpaired) electrons. The Kier molecular flexibility index (Phi) is 5.97. The maximum absolute atomic E-state index is 12.7. The van der Waals surface area contributed by atoms with Crippen LogP contribution in [0.3, 0.4) is 0 Å². The predicted octanol–water partition coefficient (Wildman–Crippen LogP) is 2.81. The number of ether oxygens (including phenoxy) is 2. The van der Waals surface area contributed by atoms with Gasteiger partial charge in [0, 0.05) is 18.2 Å². The van der Waals surface area contributed by atoms with E-state index in [1.165, 1.54) is 0 Å². The highest BCUT2D eigenvalue weighted by Gasteiger charge is 2.39. The molecule has 2 atom stereocenters. The Labute approximate surface area is 177 Å². The fraction of sp³-hybridized carbons (Fsp3) is 0.409. The second-order valence-electron chi connectivity index (χ2n) is 7.54. The minimum Gasteiger partial charge on any atom is -0.489 e. The largest absolute Gasteiger partial charge is 0.489 e. The van der Waals surface area contributed by atoms with E-state index in [2.05, 4.69) is 10.8 Å². The number of hydrogen-bond donors (Lipinski definition) is 1. The number of sulfonamides is 1. The second kappa shape index (κ2) is 8.65. The van der Waals surface area contributed by atoms with E-state index in [4.69, 9.17) is 9.47 Å². The predicted molar refractivity (Wildman–Crippen MR) is 114 cm³/mol. The third-order valence-electron chi connectivity index (χ3n) is 5.63. The fourth-order valence-corrected chi connectivity index (χ4v) is 4.99. The van der Waals surface area contributed by atoms with Crippen LogP contribution in [-0.4, -0.2) is 57.0 Å². The Balaban J connectivity index is 1.70. The van der Waals surface area contributed by atoms with Crippen molar-refractivity contribution in [2.24, 2.45) is 0 Å². The van der Waals surface area contributed by atoms with Gasteiger partial charge in [0.1, 0.15) is 19.0 Å². The molecule has 8 heteroatoms. The second-order valence-corrected chi connectivity index (χ2v) is 9.58. The maximum atomic E-state index is 12.7. The van der Waals surface area contributed by atoms with Crippen LogP contribution < -0.4 is 9.46 Å². The number of benzene rings is 2. The molecule has 0 spiro atoms. The van der Waals surface area contributed by atoms with Gasteiger partial charge in [-0.2, -0.15) is 0 Å². The van der Waals surface area contributed by atoms with Gasteiger partial charge in [-0.05, 0) is 37.0 Å². The summed E-state index contributed by atoms with van der Waals surface area (Å²) in [6.45, 7) is 2.42. The summed E-state index contributed by atoms with van der Waals surface area (Å²) in [4.78, 5) is 14.4. The van der Waals surface area contributed by atoms with Crippen molar-refractivity contribution in [3.8, 4) is 16.9 Å². The van der Waals surface area contributed by atoms with E-state index in [1.54, 1.807) is 11.8 Å². The van der Waals surface area contributed by atoms with Gasteiger partial charge in [-0.1, -0.05) is 42.5 Å². The molecule has 2 aliphatic rings. The number of carbonyl (C=O) groups excluding carboxylic acids is 1. The lowest BCUT2D eigenvalue weighted by Gasteiger charge is -2.28. The lowest BCUT2D eigenvalue weighted by atomic mass is 9.96. The van der Waals surface area contributed by atoms with Crippen molar-refractivity contribution in [1.29, 1.82) is 0 Å². The molecule has 30 heavy (non-hydrogen) atoms. The molecule has 2 aromatic carbocycles. The topological polar surface area (TPSA) is 84.9 Å². The highest BCUT2D eigenvalue weighted by Crippen LogP contribution is 2.32. The fourth-order valence-electron chi connectivity index (χ4n) is 4.09. The quantitative estimate of drug-likeness (QED) is 0.809. The van der Waals surface area contributed by atoms with Crippen LogP contribution in [-0.2, 0) is 21.2 Å². The van der Waals surface area contributed by atoms with E-state index >= 15 is 0 Å². The number of nitrogens with zero attached hydrogens (tertiary/aromatic N) is 1. The number of cyclic esters (lactones) is 1. The molecule has 2 aliphatic heterocycles. The summed E-state index contributed by atoms with van der Waals surface area (Å²) in [5.41, 5.74) is 3.01. The van der Waals surface area contributed by atoms with E-state index in [1.807, 2.05) is 42.5 Å². The molecular formula is C22H26N2O5S. The van der Waals surface area contributed by atoms with Crippen LogP contribution in [0.15, 0.2) is 48.5 Å². The summed E-state index contributed by atoms with van der Waals surface area (Å²) in [6.07, 6.45) is 0.645. The van der Waals surface area contributed by atoms with E-state index in [9.17, 15) is 13.2 Å². The molecule has 7 nitrogen and oxygen atoms in total. The Morgan fingerprint density at radius 1 is 1.10 bits per heavy atom. The van der Waals surface area contributed by atoms with Crippen molar-refractivity contribution in [3.63, 3.8) is 0 Å². The molecule has 4 rings (SSSR count). The van der Waals surface area contributed by atoms with Gasteiger partial charge in [-0.15, -0.1) is 0 Å². The standard InChI is InChI=1S/C22H26N2O5S/c1-2-30(26,27)23-19-10-11-24-20(19)15-16-6-5-7-17(14-16)18-8-3-4-9-21(18)28-12-13-29-22(24)25/h3-9,14,19-20,23H,2,10-13,15H2,1H3. The molecule has 2 heterocycles. The minimum atomic E-state index is -3.39. The average Bonchev–Trinajstić information content (AvgIpc) is 3.12. The van der Waals surface area contributed by atoms with Gasteiger partial charge in [0.25, 0.3) is 0 Å². The van der Waals surface area contributed by atoms with E-state index < -0.39 is 16.1 Å². The van der Waals surface area contributed by atoms with Gasteiger partial charge in [-0.25, -0.2) is 17.9 Å². The van der Waals surface area contributed by atoms with Crippen molar-refractivity contribution in [1.82, 2.24) is 9.62 Å². The van der Waals surface area contributed by atoms with Gasteiger partial charge in [-0.3, -0.25) is 0 Å². The molecule has 1 saturated heterocycles. The first kappa shape index (κ1) is 20.7. The van der Waals surface area contributed by atoms with Crippen molar-refractivity contribution < 1.29 is 22.7 Å². The summed E-state index contributed by atoms with van der Waals surface area (Å²) < 4.78 is 38.4. The van der Waals surface area contributed by atoms with Crippen LogP contribution in [0.4, 0.5) is 4.79 Å². The minimum absolute atomic E-state index is 0.00424. The average molecular weight is 431 g/mol. The first-order valence-corrected chi connectivity index (χ1v) is 11.9. The molecule has 160 valence electrons. The van der Waals surface area contributed by atoms with Gasteiger partial charge in [0.2, 0.25) is 10.0 Å². The van der Waals surface area contributed by atoms with Crippen LogP contribution >= 0.6 is 0 Å². The number of para-hydroxylation sites is 1. The molecule has 1 fully saturated rings. The molecule has 2 aromatic rings. The Bertz CT molecular complexity index is 1020. The lowest BCUT2D eigenvalue weighted by Crippen LogP contribution is -2.48. The Hall–Kier alpha value is -2.58. The van der Waals surface area contributed by atoms with E-state index in [-0.39, 0.29) is 31.1 Å². The zero-order valence-electron chi connectivity index (χ0n) is 16.9. The van der Waals surface area contributed by atoms with Crippen LogP contribution in [0.25, 0.3) is 11.1 Å².